The number of carbonyl (C=O) groups excluding carboxylic acids is 2. The highest BCUT2D eigenvalue weighted by atomic mass is 16.5. The molecule has 0 bridgehead atoms. The number of methoxy groups -OCH3 is 1. The van der Waals surface area contributed by atoms with E-state index in [9.17, 15) is 9.59 Å². The molecule has 33 heavy (non-hydrogen) atoms. The summed E-state index contributed by atoms with van der Waals surface area (Å²) in [4.78, 5) is 27.0. The first kappa shape index (κ1) is 22.6. The standard InChI is InChI=1S/C24H28N4O5/c1-16(15-31-2)32-20-12-18(23(29)26-22-8-9-25-27-22)13-21(14-20)33-19-6-4-17(5-7-19)24(30)28-10-3-11-28/h4-7,12-14,16,25H,3,8-11,15H2,1-2H3,(H,26,27,29). The van der Waals surface area contributed by atoms with Gasteiger partial charge in [-0.3, -0.25) is 9.59 Å². The molecule has 1 saturated heterocycles. The Labute approximate surface area is 192 Å². The minimum absolute atomic E-state index is 0.0265. The molecule has 2 aromatic rings. The third-order valence-corrected chi connectivity index (χ3v) is 5.31. The molecule has 9 heteroatoms. The Kier molecular flexibility index (Phi) is 7.09. The minimum Gasteiger partial charge on any atom is -0.488 e. The van der Waals surface area contributed by atoms with Crippen molar-refractivity contribution >= 4 is 17.6 Å². The number of amidine groups is 1. The van der Waals surface area contributed by atoms with Gasteiger partial charge in [-0.1, -0.05) is 0 Å². The molecule has 1 atom stereocenters. The van der Waals surface area contributed by atoms with Crippen LogP contribution in [0.1, 0.15) is 40.5 Å². The highest BCUT2D eigenvalue weighted by molar-refractivity contribution is 6.07. The predicted octanol–water partition coefficient (Wildman–Crippen LogP) is 2.78. The molecule has 2 aliphatic rings. The van der Waals surface area contributed by atoms with Crippen LogP contribution in [0.5, 0.6) is 17.2 Å². The molecule has 4 rings (SSSR count). The summed E-state index contributed by atoms with van der Waals surface area (Å²) < 4.78 is 17.0. The molecule has 174 valence electrons. The summed E-state index contributed by atoms with van der Waals surface area (Å²) in [5.41, 5.74) is 3.84. The van der Waals surface area contributed by atoms with Gasteiger partial charge < -0.3 is 29.9 Å². The van der Waals surface area contributed by atoms with Crippen molar-refractivity contribution < 1.29 is 23.8 Å². The average molecular weight is 453 g/mol. The second kappa shape index (κ2) is 10.4. The molecule has 0 aromatic heterocycles. The average Bonchev–Trinajstić information content (AvgIpc) is 3.26. The van der Waals surface area contributed by atoms with E-state index in [0.717, 1.165) is 19.5 Å². The first-order valence-electron chi connectivity index (χ1n) is 11.0. The van der Waals surface area contributed by atoms with E-state index in [4.69, 9.17) is 14.2 Å². The van der Waals surface area contributed by atoms with Crippen LogP contribution in [0.15, 0.2) is 47.6 Å². The van der Waals surface area contributed by atoms with Crippen molar-refractivity contribution in [2.24, 2.45) is 5.10 Å². The Morgan fingerprint density at radius 2 is 1.85 bits per heavy atom. The number of rotatable bonds is 8. The Bertz CT molecular complexity index is 1030. The SMILES string of the molecule is COCC(C)Oc1cc(Oc2ccc(C(=O)N3CCC3)cc2)cc(C(=O)NC2=NNCC2)c1. The lowest BCUT2D eigenvalue weighted by Gasteiger charge is -2.30. The van der Waals surface area contributed by atoms with Gasteiger partial charge in [0.2, 0.25) is 0 Å². The van der Waals surface area contributed by atoms with Gasteiger partial charge in [-0.15, -0.1) is 0 Å². The summed E-state index contributed by atoms with van der Waals surface area (Å²) in [7, 11) is 1.60. The van der Waals surface area contributed by atoms with Crippen LogP contribution in [-0.2, 0) is 4.74 Å². The van der Waals surface area contributed by atoms with Crippen molar-refractivity contribution in [1.82, 2.24) is 15.6 Å². The van der Waals surface area contributed by atoms with Gasteiger partial charge in [0.25, 0.3) is 11.8 Å². The van der Waals surface area contributed by atoms with Crippen molar-refractivity contribution in [3.63, 3.8) is 0 Å². The number of amides is 2. The molecule has 0 saturated carbocycles. The van der Waals surface area contributed by atoms with Crippen molar-refractivity contribution in [2.75, 3.05) is 33.4 Å². The zero-order chi connectivity index (χ0) is 23.2. The van der Waals surface area contributed by atoms with E-state index in [-0.39, 0.29) is 17.9 Å². The Morgan fingerprint density at radius 1 is 1.09 bits per heavy atom. The molecular weight excluding hydrogens is 424 g/mol. The quantitative estimate of drug-likeness (QED) is 0.639. The molecule has 2 N–H and O–H groups in total. The highest BCUT2D eigenvalue weighted by Gasteiger charge is 2.21. The fourth-order valence-corrected chi connectivity index (χ4v) is 3.51. The highest BCUT2D eigenvalue weighted by Crippen LogP contribution is 2.29. The largest absolute Gasteiger partial charge is 0.488 e. The van der Waals surface area contributed by atoms with E-state index < -0.39 is 0 Å². The van der Waals surface area contributed by atoms with E-state index in [2.05, 4.69) is 15.8 Å². The van der Waals surface area contributed by atoms with Crippen LogP contribution in [0.3, 0.4) is 0 Å². The molecule has 1 unspecified atom stereocenters. The van der Waals surface area contributed by atoms with Gasteiger partial charge in [0.1, 0.15) is 29.2 Å². The van der Waals surface area contributed by atoms with Crippen molar-refractivity contribution in [2.45, 2.75) is 25.9 Å². The number of hydrazone groups is 1. The van der Waals surface area contributed by atoms with Crippen LogP contribution < -0.4 is 20.2 Å². The predicted molar refractivity (Wildman–Crippen MR) is 123 cm³/mol. The van der Waals surface area contributed by atoms with E-state index in [1.807, 2.05) is 11.8 Å². The van der Waals surface area contributed by atoms with Gasteiger partial charge >= 0.3 is 0 Å². The van der Waals surface area contributed by atoms with Crippen LogP contribution in [-0.4, -0.2) is 62.0 Å². The fourth-order valence-electron chi connectivity index (χ4n) is 3.51. The van der Waals surface area contributed by atoms with E-state index in [1.165, 1.54) is 0 Å². The maximum Gasteiger partial charge on any atom is 0.256 e. The number of nitrogens with zero attached hydrogens (tertiary/aromatic N) is 2. The second-order valence-electron chi connectivity index (χ2n) is 8.02. The number of carbonyl (C=O) groups is 2. The maximum absolute atomic E-state index is 12.8. The Morgan fingerprint density at radius 3 is 2.48 bits per heavy atom. The molecule has 2 amide bonds. The topological polar surface area (TPSA) is 101 Å². The first-order chi connectivity index (χ1) is 16.0. The smallest absolute Gasteiger partial charge is 0.256 e. The molecular formula is C24H28N4O5. The van der Waals surface area contributed by atoms with Gasteiger partial charge in [0, 0.05) is 50.4 Å². The van der Waals surface area contributed by atoms with Crippen LogP contribution in [0.25, 0.3) is 0 Å². The zero-order valence-electron chi connectivity index (χ0n) is 18.8. The molecule has 0 radical (unpaired) electrons. The third kappa shape index (κ3) is 5.81. The summed E-state index contributed by atoms with van der Waals surface area (Å²) in [6.07, 6.45) is 1.49. The number of hydrogen-bond acceptors (Lipinski definition) is 7. The first-order valence-corrected chi connectivity index (χ1v) is 11.0. The van der Waals surface area contributed by atoms with Crippen molar-refractivity contribution in [3.05, 3.63) is 53.6 Å². The monoisotopic (exact) mass is 452 g/mol. The lowest BCUT2D eigenvalue weighted by molar-refractivity contribution is 0.0651. The van der Waals surface area contributed by atoms with E-state index in [0.29, 0.717) is 53.8 Å². The lowest BCUT2D eigenvalue weighted by Crippen LogP contribution is -2.41. The van der Waals surface area contributed by atoms with Gasteiger partial charge in [-0.05, 0) is 49.7 Å². The van der Waals surface area contributed by atoms with E-state index in [1.54, 1.807) is 49.6 Å². The van der Waals surface area contributed by atoms with Crippen molar-refractivity contribution in [1.29, 1.82) is 0 Å². The number of likely N-dealkylation sites (tertiary alicyclic amines) is 1. The molecule has 0 spiro atoms. The third-order valence-electron chi connectivity index (χ3n) is 5.31. The number of ether oxygens (including phenoxy) is 3. The normalized spacial score (nSPS) is 15.7. The zero-order valence-corrected chi connectivity index (χ0v) is 18.8. The second-order valence-corrected chi connectivity index (χ2v) is 8.02. The summed E-state index contributed by atoms with van der Waals surface area (Å²) in [5, 5.41) is 6.86. The fraction of sp³-hybridized carbons (Fsp3) is 0.375. The molecule has 1 fully saturated rings. The van der Waals surface area contributed by atoms with Gasteiger partial charge in [-0.2, -0.15) is 5.10 Å². The summed E-state index contributed by atoms with van der Waals surface area (Å²) >= 11 is 0. The Balaban J connectivity index is 1.52. The Hall–Kier alpha value is -3.59. The van der Waals surface area contributed by atoms with Crippen LogP contribution in [0, 0.1) is 0 Å². The van der Waals surface area contributed by atoms with Gasteiger partial charge in [0.15, 0.2) is 0 Å². The molecule has 0 aliphatic carbocycles. The van der Waals surface area contributed by atoms with Gasteiger partial charge in [-0.25, -0.2) is 0 Å². The molecule has 2 heterocycles. The van der Waals surface area contributed by atoms with Crippen molar-refractivity contribution in [3.8, 4) is 17.2 Å². The minimum atomic E-state index is -0.303. The number of benzene rings is 2. The summed E-state index contributed by atoms with van der Waals surface area (Å²) in [6, 6.07) is 12.0. The van der Waals surface area contributed by atoms with Crippen LogP contribution >= 0.6 is 0 Å². The summed E-state index contributed by atoms with van der Waals surface area (Å²) in [5.74, 6) is 1.78. The van der Waals surface area contributed by atoms with Crippen LogP contribution in [0.4, 0.5) is 0 Å². The number of hydrogen-bond donors (Lipinski definition) is 2. The molecule has 9 nitrogen and oxygen atoms in total. The summed E-state index contributed by atoms with van der Waals surface area (Å²) in [6.45, 7) is 4.58. The molecule has 2 aliphatic heterocycles. The number of nitrogens with one attached hydrogen (secondary N) is 2. The van der Waals surface area contributed by atoms with E-state index >= 15 is 0 Å². The lowest BCUT2D eigenvalue weighted by atomic mass is 10.1. The van der Waals surface area contributed by atoms with Crippen LogP contribution in [0.2, 0.25) is 0 Å². The van der Waals surface area contributed by atoms with Gasteiger partial charge in [0.05, 0.1) is 6.61 Å². The maximum atomic E-state index is 12.8. The molecule has 2 aromatic carbocycles.